The molecule has 0 amide bonds. The number of aliphatic hydroxyl groups excluding tert-OH is 1. The Morgan fingerprint density at radius 1 is 1.26 bits per heavy atom. The van der Waals surface area contributed by atoms with E-state index in [0.29, 0.717) is 4.88 Å². The van der Waals surface area contributed by atoms with E-state index in [1.807, 2.05) is 6.92 Å². The molecule has 0 fully saturated rings. The number of rotatable bonds is 2. The lowest BCUT2D eigenvalue weighted by atomic mass is 10.0. The number of halogens is 4. The van der Waals surface area contributed by atoms with Gasteiger partial charge in [-0.05, 0) is 46.6 Å². The molecular formula is C13H10BrF3OS. The molecular weight excluding hydrogens is 341 g/mol. The molecule has 0 aliphatic carbocycles. The fraction of sp³-hybridized carbons (Fsp3) is 0.231. The highest BCUT2D eigenvalue weighted by Crippen LogP contribution is 2.36. The van der Waals surface area contributed by atoms with Crippen LogP contribution in [-0.2, 0) is 6.18 Å². The first-order valence-corrected chi connectivity index (χ1v) is 7.01. The first-order valence-electron chi connectivity index (χ1n) is 5.40. The van der Waals surface area contributed by atoms with Crippen LogP contribution in [0.1, 0.15) is 27.0 Å². The summed E-state index contributed by atoms with van der Waals surface area (Å²) in [7, 11) is 0. The average Bonchev–Trinajstić information content (AvgIpc) is 2.68. The van der Waals surface area contributed by atoms with E-state index in [0.717, 1.165) is 21.5 Å². The van der Waals surface area contributed by atoms with E-state index in [2.05, 4.69) is 15.9 Å². The summed E-state index contributed by atoms with van der Waals surface area (Å²) in [6, 6.07) is 6.49. The Morgan fingerprint density at radius 3 is 2.47 bits per heavy atom. The van der Waals surface area contributed by atoms with Crippen LogP contribution in [0.15, 0.2) is 34.8 Å². The SMILES string of the molecule is Cc1sc(C(O)c2cccc(C(F)(F)F)c2)cc1Br. The Hall–Kier alpha value is -0.850. The molecule has 0 bridgehead atoms. The van der Waals surface area contributed by atoms with Gasteiger partial charge in [0.15, 0.2) is 0 Å². The number of aryl methyl sites for hydroxylation is 1. The Morgan fingerprint density at radius 2 is 1.95 bits per heavy atom. The average molecular weight is 351 g/mol. The van der Waals surface area contributed by atoms with Crippen LogP contribution < -0.4 is 0 Å². The third-order valence-electron chi connectivity index (χ3n) is 2.68. The molecule has 19 heavy (non-hydrogen) atoms. The molecule has 1 atom stereocenters. The standard InChI is InChI=1S/C13H10BrF3OS/c1-7-10(14)6-11(19-7)12(18)8-3-2-4-9(5-8)13(15,16)17/h2-6,12,18H,1H3. The topological polar surface area (TPSA) is 20.2 Å². The monoisotopic (exact) mass is 350 g/mol. The maximum absolute atomic E-state index is 12.6. The van der Waals surface area contributed by atoms with E-state index < -0.39 is 17.8 Å². The van der Waals surface area contributed by atoms with E-state index in [4.69, 9.17) is 0 Å². The second kappa shape index (κ2) is 5.26. The lowest BCUT2D eigenvalue weighted by Crippen LogP contribution is -2.06. The molecule has 6 heteroatoms. The van der Waals surface area contributed by atoms with Gasteiger partial charge in [-0.3, -0.25) is 0 Å². The third kappa shape index (κ3) is 3.19. The van der Waals surface area contributed by atoms with E-state index in [9.17, 15) is 18.3 Å². The molecule has 1 aromatic heterocycles. The lowest BCUT2D eigenvalue weighted by molar-refractivity contribution is -0.137. The van der Waals surface area contributed by atoms with Gasteiger partial charge in [0.1, 0.15) is 6.10 Å². The molecule has 0 spiro atoms. The quantitative estimate of drug-likeness (QED) is 0.814. The molecule has 1 heterocycles. The number of benzene rings is 1. The van der Waals surface area contributed by atoms with Crippen molar-refractivity contribution in [2.24, 2.45) is 0 Å². The highest BCUT2D eigenvalue weighted by Gasteiger charge is 2.31. The molecule has 2 aromatic rings. The Bertz CT molecular complexity index is 572. The van der Waals surface area contributed by atoms with Crippen LogP contribution in [0.2, 0.25) is 0 Å². The summed E-state index contributed by atoms with van der Waals surface area (Å²) >= 11 is 4.67. The molecule has 2 rings (SSSR count). The second-order valence-corrected chi connectivity index (χ2v) is 6.22. The molecule has 1 unspecified atom stereocenters. The maximum Gasteiger partial charge on any atom is 0.416 e. The first kappa shape index (κ1) is 14.6. The summed E-state index contributed by atoms with van der Waals surface area (Å²) in [5.74, 6) is 0. The molecule has 1 aromatic carbocycles. The van der Waals surface area contributed by atoms with Crippen LogP contribution in [0.3, 0.4) is 0 Å². The predicted octanol–water partition coefficient (Wildman–Crippen LogP) is 4.92. The maximum atomic E-state index is 12.6. The van der Waals surface area contributed by atoms with Gasteiger partial charge in [0, 0.05) is 14.2 Å². The largest absolute Gasteiger partial charge is 0.416 e. The predicted molar refractivity (Wildman–Crippen MR) is 72.3 cm³/mol. The van der Waals surface area contributed by atoms with E-state index in [1.54, 1.807) is 6.07 Å². The highest BCUT2D eigenvalue weighted by molar-refractivity contribution is 9.10. The second-order valence-electron chi connectivity index (χ2n) is 4.08. The molecule has 1 N–H and O–H groups in total. The van der Waals surface area contributed by atoms with Gasteiger partial charge >= 0.3 is 6.18 Å². The minimum absolute atomic E-state index is 0.239. The van der Waals surface area contributed by atoms with Crippen LogP contribution in [0, 0.1) is 6.92 Å². The van der Waals surface area contributed by atoms with Gasteiger partial charge < -0.3 is 5.11 Å². The zero-order valence-electron chi connectivity index (χ0n) is 9.83. The minimum atomic E-state index is -4.40. The van der Waals surface area contributed by atoms with Crippen molar-refractivity contribution < 1.29 is 18.3 Å². The molecule has 102 valence electrons. The van der Waals surface area contributed by atoms with Gasteiger partial charge in [-0.2, -0.15) is 13.2 Å². The smallest absolute Gasteiger partial charge is 0.383 e. The zero-order valence-corrected chi connectivity index (χ0v) is 12.2. The van der Waals surface area contributed by atoms with Gasteiger partial charge in [0.2, 0.25) is 0 Å². The Balaban J connectivity index is 2.36. The third-order valence-corrected chi connectivity index (χ3v) is 4.86. The molecule has 0 saturated heterocycles. The molecule has 0 saturated carbocycles. The van der Waals surface area contributed by atoms with Crippen LogP contribution in [0.25, 0.3) is 0 Å². The van der Waals surface area contributed by atoms with Crippen molar-refractivity contribution in [3.05, 3.63) is 55.7 Å². The number of alkyl halides is 3. The molecule has 1 nitrogen and oxygen atoms in total. The first-order chi connectivity index (χ1) is 8.79. The van der Waals surface area contributed by atoms with E-state index in [1.165, 1.54) is 23.5 Å². The fourth-order valence-corrected chi connectivity index (χ4v) is 3.24. The fourth-order valence-electron chi connectivity index (χ4n) is 1.67. The van der Waals surface area contributed by atoms with Crippen molar-refractivity contribution in [1.82, 2.24) is 0 Å². The number of hydrogen-bond donors (Lipinski definition) is 1. The normalized spacial score (nSPS) is 13.6. The van der Waals surface area contributed by atoms with Crippen LogP contribution in [-0.4, -0.2) is 5.11 Å². The van der Waals surface area contributed by atoms with Crippen molar-refractivity contribution >= 4 is 27.3 Å². The van der Waals surface area contributed by atoms with E-state index >= 15 is 0 Å². The van der Waals surface area contributed by atoms with Crippen molar-refractivity contribution in [1.29, 1.82) is 0 Å². The van der Waals surface area contributed by atoms with Crippen LogP contribution >= 0.6 is 27.3 Å². The molecule has 0 radical (unpaired) electrons. The lowest BCUT2D eigenvalue weighted by Gasteiger charge is -2.12. The van der Waals surface area contributed by atoms with Crippen molar-refractivity contribution in [2.45, 2.75) is 19.2 Å². The van der Waals surface area contributed by atoms with Crippen molar-refractivity contribution in [3.63, 3.8) is 0 Å². The zero-order chi connectivity index (χ0) is 14.2. The number of thiophene rings is 1. The summed E-state index contributed by atoms with van der Waals surface area (Å²) in [5, 5.41) is 10.1. The summed E-state index contributed by atoms with van der Waals surface area (Å²) < 4.78 is 38.7. The Kier molecular flexibility index (Phi) is 4.03. The van der Waals surface area contributed by atoms with Gasteiger partial charge in [0.05, 0.1) is 5.56 Å². The summed E-state index contributed by atoms with van der Waals surface area (Å²) in [5.41, 5.74) is -0.514. The van der Waals surface area contributed by atoms with Crippen LogP contribution in [0.5, 0.6) is 0 Å². The summed E-state index contributed by atoms with van der Waals surface area (Å²) in [4.78, 5) is 1.59. The van der Waals surface area contributed by atoms with Gasteiger partial charge in [-0.25, -0.2) is 0 Å². The van der Waals surface area contributed by atoms with Gasteiger partial charge in [-0.1, -0.05) is 12.1 Å². The Labute approximate surface area is 120 Å². The number of hydrogen-bond acceptors (Lipinski definition) is 2. The number of aliphatic hydroxyl groups is 1. The van der Waals surface area contributed by atoms with Crippen molar-refractivity contribution in [3.8, 4) is 0 Å². The molecule has 0 aliphatic rings. The van der Waals surface area contributed by atoms with Gasteiger partial charge in [0.25, 0.3) is 0 Å². The summed E-state index contributed by atoms with van der Waals surface area (Å²) in [6.45, 7) is 1.87. The molecule has 0 aliphatic heterocycles. The van der Waals surface area contributed by atoms with Crippen molar-refractivity contribution in [2.75, 3.05) is 0 Å². The summed E-state index contributed by atoms with van der Waals surface area (Å²) in [6.07, 6.45) is -5.45. The highest BCUT2D eigenvalue weighted by atomic mass is 79.9. The van der Waals surface area contributed by atoms with Gasteiger partial charge in [-0.15, -0.1) is 11.3 Å². The minimum Gasteiger partial charge on any atom is -0.383 e. The van der Waals surface area contributed by atoms with E-state index in [-0.39, 0.29) is 5.56 Å². The van der Waals surface area contributed by atoms with Crippen LogP contribution in [0.4, 0.5) is 13.2 Å².